The Bertz CT molecular complexity index is 1500. The average molecular weight is 481 g/mol. The zero-order valence-electron chi connectivity index (χ0n) is 19.7. The minimum Gasteiger partial charge on any atom is -0.322 e. The highest BCUT2D eigenvalue weighted by Gasteiger charge is 2.14. The third-order valence-corrected chi connectivity index (χ3v) is 5.82. The van der Waals surface area contributed by atoms with Gasteiger partial charge in [-0.15, -0.1) is 0 Å². The van der Waals surface area contributed by atoms with Crippen molar-refractivity contribution in [2.45, 2.75) is 13.3 Å². The van der Waals surface area contributed by atoms with Gasteiger partial charge in [0, 0.05) is 16.9 Å². The maximum Gasteiger partial charge on any atom is 0.255 e. The van der Waals surface area contributed by atoms with Crippen LogP contribution in [0, 0.1) is 12.7 Å². The molecule has 0 saturated heterocycles. The van der Waals surface area contributed by atoms with E-state index in [2.05, 4.69) is 27.9 Å². The minimum absolute atomic E-state index is 0.247. The van der Waals surface area contributed by atoms with Crippen molar-refractivity contribution < 1.29 is 14.0 Å². The van der Waals surface area contributed by atoms with Crippen LogP contribution in [0.4, 0.5) is 15.8 Å². The number of amides is 1. The minimum atomic E-state index is -0.306. The van der Waals surface area contributed by atoms with E-state index in [0.717, 1.165) is 34.7 Å². The van der Waals surface area contributed by atoms with Gasteiger partial charge in [-0.2, -0.15) is 0 Å². The van der Waals surface area contributed by atoms with Crippen LogP contribution in [0.1, 0.15) is 21.7 Å². The number of anilines is 2. The number of fused-ring (bicyclic) bond motifs is 1. The van der Waals surface area contributed by atoms with Crippen LogP contribution in [0.3, 0.4) is 0 Å². The van der Waals surface area contributed by atoms with Gasteiger partial charge in [0.2, 0.25) is 0 Å². The van der Waals surface area contributed by atoms with E-state index in [0.29, 0.717) is 17.9 Å². The number of hydrogen-bond acceptors (Lipinski definition) is 4. The van der Waals surface area contributed by atoms with Gasteiger partial charge in [0.15, 0.2) is 0 Å². The van der Waals surface area contributed by atoms with Gasteiger partial charge in [-0.05, 0) is 79.6 Å². The fourth-order valence-electron chi connectivity index (χ4n) is 4.06. The highest BCUT2D eigenvalue weighted by Crippen LogP contribution is 2.24. The zero-order chi connectivity index (χ0) is 24.9. The topological polar surface area (TPSA) is 68.2 Å². The molecule has 7 heteroatoms. The van der Waals surface area contributed by atoms with Gasteiger partial charge in [-0.25, -0.2) is 9.37 Å². The second kappa shape index (κ2) is 10.4. The third-order valence-electron chi connectivity index (χ3n) is 5.82. The molecule has 1 aromatic heterocycles. The average Bonchev–Trinajstić information content (AvgIpc) is 3.23. The number of hydrogen-bond donors (Lipinski definition) is 2. The van der Waals surface area contributed by atoms with Crippen molar-refractivity contribution in [2.75, 3.05) is 17.4 Å². The Balaban J connectivity index is 1.27. The summed E-state index contributed by atoms with van der Waals surface area (Å²) in [5.41, 5.74) is 8.31. The second-order valence-corrected chi connectivity index (χ2v) is 8.40. The number of imidazole rings is 1. The molecular formula is C29H25FN4O2. The largest absolute Gasteiger partial charge is 0.322 e. The molecule has 6 nitrogen and oxygen atoms in total. The Hall–Kier alpha value is -4.49. The van der Waals surface area contributed by atoms with E-state index in [4.69, 9.17) is 4.84 Å². The molecule has 5 aromatic rings. The van der Waals surface area contributed by atoms with E-state index < -0.39 is 0 Å². The summed E-state index contributed by atoms with van der Waals surface area (Å²) in [6.45, 7) is 2.39. The predicted molar refractivity (Wildman–Crippen MR) is 140 cm³/mol. The Kier molecular flexibility index (Phi) is 6.73. The molecule has 1 heterocycles. The van der Waals surface area contributed by atoms with Crippen LogP contribution in [0.15, 0.2) is 97.1 Å². The predicted octanol–water partition coefficient (Wildman–Crippen LogP) is 6.31. The molecule has 180 valence electrons. The lowest BCUT2D eigenvalue weighted by molar-refractivity contribution is 0.102. The van der Waals surface area contributed by atoms with Gasteiger partial charge in [0.25, 0.3) is 5.91 Å². The van der Waals surface area contributed by atoms with E-state index in [1.165, 1.54) is 17.7 Å². The van der Waals surface area contributed by atoms with Crippen molar-refractivity contribution in [2.24, 2.45) is 0 Å². The highest BCUT2D eigenvalue weighted by atomic mass is 19.1. The summed E-state index contributed by atoms with van der Waals surface area (Å²) in [6, 6.07) is 29.0. The summed E-state index contributed by atoms with van der Waals surface area (Å²) in [6.07, 6.45) is 0.792. The van der Waals surface area contributed by atoms with Crippen LogP contribution >= 0.6 is 0 Å². The van der Waals surface area contributed by atoms with E-state index in [1.807, 2.05) is 60.0 Å². The summed E-state index contributed by atoms with van der Waals surface area (Å²) in [5, 5.41) is 2.94. The molecule has 0 spiro atoms. The number of nitrogens with zero attached hydrogens (tertiary/aromatic N) is 2. The number of carbonyl (C=O) groups excluding carboxylic acids is 1. The SMILES string of the molecule is Cc1nc2ccc(C(=O)Nc3cccc(NOCCc4ccccc4)c3)cc2n1-c1ccc(F)cc1. The first-order valence-corrected chi connectivity index (χ1v) is 11.6. The lowest BCUT2D eigenvalue weighted by atomic mass is 10.1. The van der Waals surface area contributed by atoms with Gasteiger partial charge in [-0.3, -0.25) is 19.7 Å². The first-order chi connectivity index (χ1) is 17.6. The number of nitrogens with one attached hydrogen (secondary N) is 2. The molecule has 2 N–H and O–H groups in total. The van der Waals surface area contributed by atoms with Gasteiger partial charge in [0.1, 0.15) is 11.6 Å². The van der Waals surface area contributed by atoms with Crippen molar-refractivity contribution >= 4 is 28.3 Å². The standard InChI is InChI=1S/C29H25FN4O2/c1-20-31-27-15-10-22(18-28(27)34(20)26-13-11-23(30)12-14-26)29(35)32-24-8-5-9-25(19-24)33-36-17-16-21-6-3-2-4-7-21/h2-15,18-19,33H,16-17H2,1H3,(H,32,35). The quantitative estimate of drug-likeness (QED) is 0.202. The van der Waals surface area contributed by atoms with Crippen LogP contribution in [0.2, 0.25) is 0 Å². The maximum absolute atomic E-state index is 13.4. The Morgan fingerprint density at radius 3 is 2.50 bits per heavy atom. The number of aryl methyl sites for hydroxylation is 1. The summed E-state index contributed by atoms with van der Waals surface area (Å²) in [5.74, 6) is 0.197. The van der Waals surface area contributed by atoms with E-state index in [9.17, 15) is 9.18 Å². The first-order valence-electron chi connectivity index (χ1n) is 11.6. The van der Waals surface area contributed by atoms with Gasteiger partial charge < -0.3 is 5.32 Å². The molecule has 1 amide bonds. The van der Waals surface area contributed by atoms with Gasteiger partial charge in [-0.1, -0.05) is 36.4 Å². The smallest absolute Gasteiger partial charge is 0.255 e. The second-order valence-electron chi connectivity index (χ2n) is 8.40. The summed E-state index contributed by atoms with van der Waals surface area (Å²) < 4.78 is 15.3. The fourth-order valence-corrected chi connectivity index (χ4v) is 4.06. The molecule has 0 unspecified atom stereocenters. The number of rotatable bonds is 8. The highest BCUT2D eigenvalue weighted by molar-refractivity contribution is 6.06. The molecular weight excluding hydrogens is 455 g/mol. The Morgan fingerprint density at radius 2 is 1.69 bits per heavy atom. The first kappa shape index (κ1) is 23.3. The van der Waals surface area contributed by atoms with Crippen molar-refractivity contribution in [3.63, 3.8) is 0 Å². The number of halogens is 1. The summed E-state index contributed by atoms with van der Waals surface area (Å²) in [7, 11) is 0. The van der Waals surface area contributed by atoms with Crippen molar-refractivity contribution in [1.29, 1.82) is 0 Å². The molecule has 36 heavy (non-hydrogen) atoms. The molecule has 0 radical (unpaired) electrons. The Labute approximate surface area is 208 Å². The molecule has 0 bridgehead atoms. The number of aromatic nitrogens is 2. The molecule has 0 aliphatic carbocycles. The van der Waals surface area contributed by atoms with E-state index in [-0.39, 0.29) is 11.7 Å². The molecule has 0 aliphatic heterocycles. The Morgan fingerprint density at radius 1 is 0.917 bits per heavy atom. The molecule has 0 saturated carbocycles. The normalized spacial score (nSPS) is 10.9. The summed E-state index contributed by atoms with van der Waals surface area (Å²) >= 11 is 0. The van der Waals surface area contributed by atoms with Crippen molar-refractivity contribution in [1.82, 2.24) is 9.55 Å². The van der Waals surface area contributed by atoms with Crippen LogP contribution in [0.25, 0.3) is 16.7 Å². The third kappa shape index (κ3) is 5.26. The number of carbonyl (C=O) groups is 1. The van der Waals surface area contributed by atoms with Gasteiger partial charge in [0.05, 0.1) is 23.3 Å². The van der Waals surface area contributed by atoms with E-state index >= 15 is 0 Å². The molecule has 0 aliphatic rings. The van der Waals surface area contributed by atoms with Crippen LogP contribution in [0.5, 0.6) is 0 Å². The lowest BCUT2D eigenvalue weighted by Gasteiger charge is -2.11. The van der Waals surface area contributed by atoms with Crippen molar-refractivity contribution in [3.05, 3.63) is 120 Å². The lowest BCUT2D eigenvalue weighted by Crippen LogP contribution is -2.12. The van der Waals surface area contributed by atoms with Crippen LogP contribution in [-0.4, -0.2) is 22.1 Å². The van der Waals surface area contributed by atoms with E-state index in [1.54, 1.807) is 24.3 Å². The number of benzene rings is 4. The molecule has 4 aromatic carbocycles. The summed E-state index contributed by atoms with van der Waals surface area (Å²) in [4.78, 5) is 23.2. The van der Waals surface area contributed by atoms with Crippen LogP contribution < -0.4 is 10.8 Å². The monoisotopic (exact) mass is 480 g/mol. The molecule has 5 rings (SSSR count). The molecule has 0 atom stereocenters. The zero-order valence-corrected chi connectivity index (χ0v) is 19.7. The maximum atomic E-state index is 13.4. The van der Waals surface area contributed by atoms with Crippen LogP contribution in [-0.2, 0) is 11.3 Å². The van der Waals surface area contributed by atoms with Crippen molar-refractivity contribution in [3.8, 4) is 5.69 Å². The molecule has 0 fully saturated rings. The fraction of sp³-hybridized carbons (Fsp3) is 0.103. The van der Waals surface area contributed by atoms with Gasteiger partial charge >= 0.3 is 0 Å².